The summed E-state index contributed by atoms with van der Waals surface area (Å²) < 4.78 is 5.52. The van der Waals surface area contributed by atoms with Crippen LogP contribution in [0.2, 0.25) is 0 Å². The van der Waals surface area contributed by atoms with Gasteiger partial charge in [-0.3, -0.25) is 4.79 Å². The number of nitrogens with zero attached hydrogens (tertiary/aromatic N) is 1. The molecule has 0 atom stereocenters. The van der Waals surface area contributed by atoms with E-state index in [0.29, 0.717) is 13.0 Å². The molecular formula is C11H18N4O2. The Hall–Kier alpha value is -1.40. The van der Waals surface area contributed by atoms with Crippen molar-refractivity contribution in [2.75, 3.05) is 26.2 Å². The minimum absolute atomic E-state index is 0.0790. The molecular weight excluding hydrogens is 220 g/mol. The summed E-state index contributed by atoms with van der Waals surface area (Å²) in [5, 5.41) is 5.92. The lowest BCUT2D eigenvalue weighted by molar-refractivity contribution is -0.135. The van der Waals surface area contributed by atoms with Gasteiger partial charge in [0.2, 0.25) is 5.91 Å². The number of rotatable bonds is 6. The van der Waals surface area contributed by atoms with Crippen LogP contribution in [-0.2, 0) is 16.0 Å². The van der Waals surface area contributed by atoms with Crippen LogP contribution in [0.3, 0.4) is 0 Å². The highest BCUT2D eigenvalue weighted by atomic mass is 16.5. The predicted octanol–water partition coefficient (Wildman–Crippen LogP) is -0.553. The van der Waals surface area contributed by atoms with E-state index in [4.69, 9.17) is 4.74 Å². The molecule has 3 N–H and O–H groups in total. The zero-order valence-electron chi connectivity index (χ0n) is 9.95. The molecule has 94 valence electrons. The van der Waals surface area contributed by atoms with Crippen LogP contribution in [0.5, 0.6) is 0 Å². The average Bonchev–Trinajstić information content (AvgIpc) is 2.77. The first kappa shape index (κ1) is 12.1. The minimum Gasteiger partial charge on any atom is -0.363 e. The summed E-state index contributed by atoms with van der Waals surface area (Å²) in [6, 6.07) is 0. The average molecular weight is 238 g/mol. The number of carbonyl (C=O) groups excluding carboxylic acids is 1. The molecule has 0 aromatic carbocycles. The van der Waals surface area contributed by atoms with E-state index in [-0.39, 0.29) is 18.1 Å². The van der Waals surface area contributed by atoms with Gasteiger partial charge in [-0.15, -0.1) is 0 Å². The molecule has 1 fully saturated rings. The Morgan fingerprint density at radius 2 is 2.47 bits per heavy atom. The Morgan fingerprint density at radius 1 is 1.65 bits per heavy atom. The Bertz CT molecular complexity index is 360. The van der Waals surface area contributed by atoms with Crippen molar-refractivity contribution in [2.45, 2.75) is 18.9 Å². The number of H-pyrrole nitrogens is 1. The second-order valence-corrected chi connectivity index (χ2v) is 4.48. The third kappa shape index (κ3) is 3.54. The summed E-state index contributed by atoms with van der Waals surface area (Å²) in [5.41, 5.74) is -0.168. The fourth-order valence-electron chi connectivity index (χ4n) is 1.62. The zero-order valence-corrected chi connectivity index (χ0v) is 9.95. The van der Waals surface area contributed by atoms with Gasteiger partial charge in [-0.1, -0.05) is 0 Å². The molecule has 1 aromatic rings. The van der Waals surface area contributed by atoms with Crippen molar-refractivity contribution >= 4 is 5.91 Å². The second-order valence-electron chi connectivity index (χ2n) is 4.48. The monoisotopic (exact) mass is 238 g/mol. The number of carbonyl (C=O) groups is 1. The van der Waals surface area contributed by atoms with Crippen LogP contribution in [-0.4, -0.2) is 47.7 Å². The maximum atomic E-state index is 11.5. The van der Waals surface area contributed by atoms with Crippen molar-refractivity contribution in [3.05, 3.63) is 18.2 Å². The first-order chi connectivity index (χ1) is 8.18. The molecule has 0 aliphatic carbocycles. The lowest BCUT2D eigenvalue weighted by Crippen LogP contribution is -2.59. The Kier molecular flexibility index (Phi) is 3.75. The third-order valence-electron chi connectivity index (χ3n) is 2.79. The molecule has 0 saturated carbocycles. The Labute approximate surface area is 100 Å². The van der Waals surface area contributed by atoms with Gasteiger partial charge in [0.05, 0.1) is 5.60 Å². The highest BCUT2D eigenvalue weighted by molar-refractivity contribution is 5.77. The third-order valence-corrected chi connectivity index (χ3v) is 2.79. The molecule has 0 unspecified atom stereocenters. The van der Waals surface area contributed by atoms with Crippen molar-refractivity contribution < 1.29 is 9.53 Å². The van der Waals surface area contributed by atoms with Gasteiger partial charge in [0, 0.05) is 38.4 Å². The number of hydrogen-bond donors (Lipinski definition) is 3. The quantitative estimate of drug-likeness (QED) is 0.621. The van der Waals surface area contributed by atoms with Crippen LogP contribution in [0, 0.1) is 0 Å². The first-order valence-electron chi connectivity index (χ1n) is 5.78. The van der Waals surface area contributed by atoms with Crippen molar-refractivity contribution in [1.29, 1.82) is 0 Å². The number of aromatic amines is 1. The standard InChI is InChI=1S/C11H18N4O2/c1-11(7-12-8-11)17-6-10(16)15-3-2-9-13-4-5-14-9/h4-5,12H,2-3,6-8H2,1H3,(H,13,14)(H,15,16). The topological polar surface area (TPSA) is 79.0 Å². The molecule has 0 spiro atoms. The highest BCUT2D eigenvalue weighted by Gasteiger charge is 2.32. The number of hydrogen-bond acceptors (Lipinski definition) is 4. The maximum absolute atomic E-state index is 11.5. The molecule has 0 bridgehead atoms. The molecule has 6 heteroatoms. The summed E-state index contributed by atoms with van der Waals surface area (Å²) in [5.74, 6) is 0.797. The van der Waals surface area contributed by atoms with Crippen LogP contribution in [0.25, 0.3) is 0 Å². The molecule has 1 amide bonds. The van der Waals surface area contributed by atoms with Crippen molar-refractivity contribution in [2.24, 2.45) is 0 Å². The first-order valence-corrected chi connectivity index (χ1v) is 5.78. The maximum Gasteiger partial charge on any atom is 0.246 e. The van der Waals surface area contributed by atoms with Gasteiger partial charge in [0.15, 0.2) is 0 Å². The van der Waals surface area contributed by atoms with E-state index in [9.17, 15) is 4.79 Å². The Morgan fingerprint density at radius 3 is 3.06 bits per heavy atom. The lowest BCUT2D eigenvalue weighted by Gasteiger charge is -2.38. The van der Waals surface area contributed by atoms with E-state index in [1.54, 1.807) is 12.4 Å². The van der Waals surface area contributed by atoms with Crippen LogP contribution in [0.1, 0.15) is 12.7 Å². The SMILES string of the molecule is CC1(OCC(=O)NCCc2ncc[nH]2)CNC1. The molecule has 1 saturated heterocycles. The lowest BCUT2D eigenvalue weighted by atomic mass is 10.0. The number of aromatic nitrogens is 2. The number of imidazole rings is 1. The summed E-state index contributed by atoms with van der Waals surface area (Å²) in [4.78, 5) is 18.5. The van der Waals surface area contributed by atoms with Crippen molar-refractivity contribution in [3.8, 4) is 0 Å². The summed E-state index contributed by atoms with van der Waals surface area (Å²) >= 11 is 0. The van der Waals surface area contributed by atoms with Crippen LogP contribution < -0.4 is 10.6 Å². The molecule has 17 heavy (non-hydrogen) atoms. The van der Waals surface area contributed by atoms with Gasteiger partial charge < -0.3 is 20.4 Å². The second kappa shape index (κ2) is 5.29. The number of nitrogens with one attached hydrogen (secondary N) is 3. The zero-order chi connectivity index (χ0) is 12.1. The van der Waals surface area contributed by atoms with Crippen molar-refractivity contribution in [1.82, 2.24) is 20.6 Å². The molecule has 2 heterocycles. The van der Waals surface area contributed by atoms with Gasteiger partial charge in [0.1, 0.15) is 12.4 Å². The smallest absolute Gasteiger partial charge is 0.246 e. The van der Waals surface area contributed by atoms with Crippen LogP contribution in [0.15, 0.2) is 12.4 Å². The van der Waals surface area contributed by atoms with Gasteiger partial charge in [-0.2, -0.15) is 0 Å². The molecule has 1 aliphatic heterocycles. The fourth-order valence-corrected chi connectivity index (χ4v) is 1.62. The molecule has 1 aromatic heterocycles. The van der Waals surface area contributed by atoms with E-state index < -0.39 is 0 Å². The highest BCUT2D eigenvalue weighted by Crippen LogP contribution is 2.14. The van der Waals surface area contributed by atoms with Gasteiger partial charge in [-0.25, -0.2) is 4.98 Å². The van der Waals surface area contributed by atoms with Crippen molar-refractivity contribution in [3.63, 3.8) is 0 Å². The van der Waals surface area contributed by atoms with Crippen LogP contribution in [0.4, 0.5) is 0 Å². The fraction of sp³-hybridized carbons (Fsp3) is 0.636. The Balaban J connectivity index is 1.58. The minimum atomic E-state index is -0.168. The van der Waals surface area contributed by atoms with E-state index in [1.807, 2.05) is 6.92 Å². The van der Waals surface area contributed by atoms with Crippen LogP contribution >= 0.6 is 0 Å². The number of ether oxygens (including phenoxy) is 1. The van der Waals surface area contributed by atoms with Gasteiger partial charge in [0.25, 0.3) is 0 Å². The normalized spacial score (nSPS) is 17.5. The van der Waals surface area contributed by atoms with E-state index >= 15 is 0 Å². The predicted molar refractivity (Wildman–Crippen MR) is 62.5 cm³/mol. The summed E-state index contributed by atoms with van der Waals surface area (Å²) in [6.07, 6.45) is 4.17. The van der Waals surface area contributed by atoms with E-state index in [2.05, 4.69) is 20.6 Å². The largest absolute Gasteiger partial charge is 0.363 e. The summed E-state index contributed by atoms with van der Waals surface area (Å²) in [7, 11) is 0. The number of amides is 1. The van der Waals surface area contributed by atoms with E-state index in [0.717, 1.165) is 18.9 Å². The van der Waals surface area contributed by atoms with Gasteiger partial charge in [-0.05, 0) is 6.92 Å². The summed E-state index contributed by atoms with van der Waals surface area (Å²) in [6.45, 7) is 4.32. The molecule has 6 nitrogen and oxygen atoms in total. The molecule has 0 radical (unpaired) electrons. The molecule has 1 aliphatic rings. The van der Waals surface area contributed by atoms with Gasteiger partial charge >= 0.3 is 0 Å². The van der Waals surface area contributed by atoms with E-state index in [1.165, 1.54) is 0 Å². The molecule has 2 rings (SSSR count).